The van der Waals surface area contributed by atoms with Crippen LogP contribution in [0.3, 0.4) is 0 Å². The standard InChI is InChI=1S/C14H18N4O3S2/c1-17-10-15-16-14(17)23(20,21)12-4-6-18(7-5-12)13(19)9-11-3-2-8-22-11/h2-3,8,10,12H,4-7,9H2,1H3. The third-order valence-corrected chi connectivity index (χ3v) is 7.17. The molecule has 0 aromatic carbocycles. The van der Waals surface area contributed by atoms with Gasteiger partial charge in [0, 0.05) is 25.0 Å². The van der Waals surface area contributed by atoms with Crippen LogP contribution in [-0.2, 0) is 28.1 Å². The molecule has 1 aliphatic rings. The fourth-order valence-electron chi connectivity index (χ4n) is 2.77. The lowest BCUT2D eigenvalue weighted by Gasteiger charge is -2.31. The molecule has 1 aliphatic heterocycles. The number of likely N-dealkylation sites (tertiary alicyclic amines) is 1. The van der Waals surface area contributed by atoms with Crippen molar-refractivity contribution >= 4 is 27.1 Å². The number of carbonyl (C=O) groups excluding carboxylic acids is 1. The minimum atomic E-state index is -3.49. The lowest BCUT2D eigenvalue weighted by molar-refractivity contribution is -0.131. The van der Waals surface area contributed by atoms with Crippen molar-refractivity contribution in [3.05, 3.63) is 28.7 Å². The van der Waals surface area contributed by atoms with Gasteiger partial charge in [-0.15, -0.1) is 21.5 Å². The molecule has 9 heteroatoms. The summed E-state index contributed by atoms with van der Waals surface area (Å²) < 4.78 is 26.6. The van der Waals surface area contributed by atoms with Crippen molar-refractivity contribution < 1.29 is 13.2 Å². The molecule has 0 spiro atoms. The van der Waals surface area contributed by atoms with E-state index in [-0.39, 0.29) is 11.1 Å². The number of carbonyl (C=O) groups is 1. The molecule has 2 aromatic rings. The Labute approximate surface area is 138 Å². The van der Waals surface area contributed by atoms with Crippen molar-refractivity contribution in [1.82, 2.24) is 19.7 Å². The van der Waals surface area contributed by atoms with Gasteiger partial charge in [-0.1, -0.05) is 6.07 Å². The maximum Gasteiger partial charge on any atom is 0.249 e. The molecule has 2 aromatic heterocycles. The van der Waals surface area contributed by atoms with Crippen LogP contribution in [0.5, 0.6) is 0 Å². The lowest BCUT2D eigenvalue weighted by atomic mass is 10.1. The summed E-state index contributed by atoms with van der Waals surface area (Å²) in [7, 11) is -1.88. The molecule has 3 rings (SSSR count). The monoisotopic (exact) mass is 354 g/mol. The van der Waals surface area contributed by atoms with Gasteiger partial charge in [-0.2, -0.15) is 0 Å². The first-order valence-corrected chi connectivity index (χ1v) is 9.79. The molecule has 124 valence electrons. The third kappa shape index (κ3) is 3.30. The van der Waals surface area contributed by atoms with Crippen molar-refractivity contribution in [2.24, 2.45) is 7.05 Å². The number of aromatic nitrogens is 3. The Hall–Kier alpha value is -1.74. The SMILES string of the molecule is Cn1cnnc1S(=O)(=O)C1CCN(C(=O)Cc2cccs2)CC1. The van der Waals surface area contributed by atoms with E-state index in [4.69, 9.17) is 0 Å². The highest BCUT2D eigenvalue weighted by Crippen LogP contribution is 2.23. The summed E-state index contributed by atoms with van der Waals surface area (Å²) in [6.45, 7) is 0.928. The van der Waals surface area contributed by atoms with Crippen LogP contribution in [0.1, 0.15) is 17.7 Å². The van der Waals surface area contributed by atoms with Crippen molar-refractivity contribution in [2.45, 2.75) is 29.7 Å². The molecule has 0 saturated carbocycles. The minimum absolute atomic E-state index is 0.000798. The van der Waals surface area contributed by atoms with E-state index in [1.165, 1.54) is 10.9 Å². The van der Waals surface area contributed by atoms with E-state index in [0.29, 0.717) is 32.4 Å². The Bertz CT molecular complexity index is 775. The predicted molar refractivity (Wildman–Crippen MR) is 85.8 cm³/mol. The van der Waals surface area contributed by atoms with E-state index in [9.17, 15) is 13.2 Å². The highest BCUT2D eigenvalue weighted by atomic mass is 32.2. The molecule has 1 amide bonds. The fourth-order valence-corrected chi connectivity index (χ4v) is 5.20. The van der Waals surface area contributed by atoms with Gasteiger partial charge in [0.1, 0.15) is 6.33 Å². The van der Waals surface area contributed by atoms with Crippen LogP contribution in [0.15, 0.2) is 29.0 Å². The van der Waals surface area contributed by atoms with E-state index < -0.39 is 15.1 Å². The van der Waals surface area contributed by atoms with Gasteiger partial charge in [0.2, 0.25) is 20.9 Å². The van der Waals surface area contributed by atoms with Crippen LogP contribution in [0.2, 0.25) is 0 Å². The van der Waals surface area contributed by atoms with Crippen LogP contribution in [0.25, 0.3) is 0 Å². The zero-order chi connectivity index (χ0) is 16.4. The van der Waals surface area contributed by atoms with Gasteiger partial charge in [0.05, 0.1) is 11.7 Å². The topological polar surface area (TPSA) is 85.2 Å². The fraction of sp³-hybridized carbons (Fsp3) is 0.500. The van der Waals surface area contributed by atoms with Crippen LogP contribution in [-0.4, -0.2) is 52.3 Å². The Balaban J connectivity index is 1.62. The molecule has 1 fully saturated rings. The van der Waals surface area contributed by atoms with Gasteiger partial charge >= 0.3 is 0 Å². The number of thiophene rings is 1. The zero-order valence-electron chi connectivity index (χ0n) is 12.8. The van der Waals surface area contributed by atoms with Gasteiger partial charge in [0.15, 0.2) is 0 Å². The number of amides is 1. The second-order valence-corrected chi connectivity index (χ2v) is 8.76. The summed E-state index contributed by atoms with van der Waals surface area (Å²) in [5, 5.41) is 8.79. The second kappa shape index (κ2) is 6.40. The normalized spacial score (nSPS) is 16.7. The van der Waals surface area contributed by atoms with Gasteiger partial charge in [-0.25, -0.2) is 8.42 Å². The number of hydrogen-bond donors (Lipinski definition) is 0. The summed E-state index contributed by atoms with van der Waals surface area (Å²) in [5.74, 6) is 0.0574. The van der Waals surface area contributed by atoms with Crippen molar-refractivity contribution in [3.63, 3.8) is 0 Å². The van der Waals surface area contributed by atoms with Crippen molar-refractivity contribution in [3.8, 4) is 0 Å². The molecular formula is C14H18N4O3S2. The zero-order valence-corrected chi connectivity index (χ0v) is 14.4. The molecule has 0 unspecified atom stereocenters. The van der Waals surface area contributed by atoms with Crippen LogP contribution < -0.4 is 0 Å². The lowest BCUT2D eigenvalue weighted by Crippen LogP contribution is -2.43. The van der Waals surface area contributed by atoms with Gasteiger partial charge in [-0.3, -0.25) is 4.79 Å². The molecule has 0 bridgehead atoms. The number of rotatable bonds is 4. The van der Waals surface area contributed by atoms with Gasteiger partial charge in [0.25, 0.3) is 0 Å². The molecule has 7 nitrogen and oxygen atoms in total. The first-order valence-electron chi connectivity index (χ1n) is 7.36. The predicted octanol–water partition coefficient (Wildman–Crippen LogP) is 0.884. The molecule has 3 heterocycles. The second-order valence-electron chi connectivity index (χ2n) is 5.61. The average Bonchev–Trinajstić information content (AvgIpc) is 3.19. The first-order chi connectivity index (χ1) is 11.0. The molecule has 0 atom stereocenters. The van der Waals surface area contributed by atoms with E-state index in [2.05, 4.69) is 10.2 Å². The average molecular weight is 354 g/mol. The van der Waals surface area contributed by atoms with E-state index in [1.807, 2.05) is 17.5 Å². The minimum Gasteiger partial charge on any atom is -0.342 e. The quantitative estimate of drug-likeness (QED) is 0.814. The number of piperidine rings is 1. The highest BCUT2D eigenvalue weighted by molar-refractivity contribution is 7.91. The van der Waals surface area contributed by atoms with Crippen LogP contribution in [0.4, 0.5) is 0 Å². The van der Waals surface area contributed by atoms with Crippen molar-refractivity contribution in [1.29, 1.82) is 0 Å². The summed E-state index contributed by atoms with van der Waals surface area (Å²) >= 11 is 1.56. The van der Waals surface area contributed by atoms with E-state index in [0.717, 1.165) is 4.88 Å². The Kier molecular flexibility index (Phi) is 4.49. The van der Waals surface area contributed by atoms with E-state index in [1.54, 1.807) is 23.3 Å². The number of aryl methyl sites for hydroxylation is 1. The molecule has 0 aliphatic carbocycles. The molecule has 23 heavy (non-hydrogen) atoms. The number of sulfone groups is 1. The smallest absolute Gasteiger partial charge is 0.249 e. The summed E-state index contributed by atoms with van der Waals surface area (Å²) in [5.41, 5.74) is 0. The summed E-state index contributed by atoms with van der Waals surface area (Å²) in [6, 6.07) is 3.86. The van der Waals surface area contributed by atoms with E-state index >= 15 is 0 Å². The third-order valence-electron chi connectivity index (χ3n) is 4.06. The number of hydrogen-bond acceptors (Lipinski definition) is 6. The van der Waals surface area contributed by atoms with Crippen molar-refractivity contribution in [2.75, 3.05) is 13.1 Å². The largest absolute Gasteiger partial charge is 0.342 e. The molecular weight excluding hydrogens is 336 g/mol. The Morgan fingerprint density at radius 3 is 2.70 bits per heavy atom. The maximum atomic E-state index is 12.6. The Morgan fingerprint density at radius 2 is 2.13 bits per heavy atom. The van der Waals surface area contributed by atoms with Crippen LogP contribution >= 0.6 is 11.3 Å². The summed E-state index contributed by atoms with van der Waals surface area (Å²) in [6.07, 6.45) is 2.64. The molecule has 1 saturated heterocycles. The molecule has 0 radical (unpaired) electrons. The highest BCUT2D eigenvalue weighted by Gasteiger charge is 2.35. The van der Waals surface area contributed by atoms with Gasteiger partial charge < -0.3 is 9.47 Å². The number of nitrogens with zero attached hydrogens (tertiary/aromatic N) is 4. The first kappa shape index (κ1) is 16.1. The van der Waals surface area contributed by atoms with Crippen LogP contribution in [0, 0.1) is 0 Å². The summed E-state index contributed by atoms with van der Waals surface area (Å²) in [4.78, 5) is 15.0. The maximum absolute atomic E-state index is 12.6. The Morgan fingerprint density at radius 1 is 1.39 bits per heavy atom. The molecule has 0 N–H and O–H groups in total. The van der Waals surface area contributed by atoms with Gasteiger partial charge in [-0.05, 0) is 24.3 Å².